The molecule has 0 aliphatic heterocycles. The molecule has 1 heterocycles. The number of hydrogen-bond acceptors (Lipinski definition) is 6. The van der Waals surface area contributed by atoms with Gasteiger partial charge in [0.25, 0.3) is 5.69 Å². The summed E-state index contributed by atoms with van der Waals surface area (Å²) < 4.78 is 5.11. The van der Waals surface area contributed by atoms with Gasteiger partial charge in [-0.05, 0) is 18.9 Å². The third kappa shape index (κ3) is 2.08. The summed E-state index contributed by atoms with van der Waals surface area (Å²) in [5.41, 5.74) is 0.283. The summed E-state index contributed by atoms with van der Waals surface area (Å²) in [4.78, 5) is 14.6. The van der Waals surface area contributed by atoms with Gasteiger partial charge in [0, 0.05) is 12.0 Å². The molecule has 98 valence electrons. The van der Waals surface area contributed by atoms with Gasteiger partial charge in [-0.25, -0.2) is 0 Å². The molecule has 0 saturated heterocycles. The number of aromatic nitrogens is 2. The van der Waals surface area contributed by atoms with Crippen LogP contribution in [-0.4, -0.2) is 26.3 Å². The molecule has 0 unspecified atom stereocenters. The van der Waals surface area contributed by atoms with Gasteiger partial charge in [-0.15, -0.1) is 0 Å². The Hall–Kier alpha value is -2.28. The van der Waals surface area contributed by atoms with E-state index in [0.717, 1.165) is 0 Å². The van der Waals surface area contributed by atoms with Crippen LogP contribution in [0.5, 0.6) is 0 Å². The summed E-state index contributed by atoms with van der Waals surface area (Å²) in [6.07, 6.45) is 0.878. The van der Waals surface area contributed by atoms with Crippen LogP contribution in [0.3, 0.4) is 0 Å². The van der Waals surface area contributed by atoms with E-state index in [4.69, 9.17) is 4.52 Å². The van der Waals surface area contributed by atoms with Crippen molar-refractivity contribution >= 4 is 5.69 Å². The third-order valence-corrected chi connectivity index (χ3v) is 3.25. The topological polar surface area (TPSA) is 102 Å². The summed E-state index contributed by atoms with van der Waals surface area (Å²) in [7, 11) is 0. The fourth-order valence-corrected chi connectivity index (χ4v) is 2.12. The molecule has 19 heavy (non-hydrogen) atoms. The minimum atomic E-state index is -0.474. The normalized spacial score (nSPS) is 21.9. The van der Waals surface area contributed by atoms with E-state index < -0.39 is 4.92 Å². The predicted molar refractivity (Wildman–Crippen MR) is 64.4 cm³/mol. The van der Waals surface area contributed by atoms with E-state index in [1.807, 2.05) is 0 Å². The fourth-order valence-electron chi connectivity index (χ4n) is 2.12. The van der Waals surface area contributed by atoms with Crippen LogP contribution < -0.4 is 0 Å². The van der Waals surface area contributed by atoms with Gasteiger partial charge < -0.3 is 9.63 Å². The molecule has 7 nitrogen and oxygen atoms in total. The smallest absolute Gasteiger partial charge is 0.280 e. The number of hydrogen-bond donors (Lipinski definition) is 1. The van der Waals surface area contributed by atoms with Crippen LogP contribution in [0.2, 0.25) is 0 Å². The van der Waals surface area contributed by atoms with Gasteiger partial charge in [0.1, 0.15) is 5.56 Å². The summed E-state index contributed by atoms with van der Waals surface area (Å²) in [6, 6.07) is 6.26. The van der Waals surface area contributed by atoms with E-state index in [9.17, 15) is 15.2 Å². The minimum absolute atomic E-state index is 0.0523. The first-order valence-electron chi connectivity index (χ1n) is 5.90. The molecule has 1 aliphatic carbocycles. The van der Waals surface area contributed by atoms with Gasteiger partial charge >= 0.3 is 0 Å². The van der Waals surface area contributed by atoms with Crippen molar-refractivity contribution in [1.82, 2.24) is 10.1 Å². The molecule has 0 bridgehead atoms. The molecule has 0 radical (unpaired) electrons. The number of aliphatic hydroxyl groups excluding tert-OH is 1. The van der Waals surface area contributed by atoms with E-state index in [1.54, 1.807) is 18.2 Å². The summed E-state index contributed by atoms with van der Waals surface area (Å²) in [5.74, 6) is 0.696. The number of para-hydroxylation sites is 1. The van der Waals surface area contributed by atoms with E-state index in [-0.39, 0.29) is 23.5 Å². The number of nitrogens with zero attached hydrogens (tertiary/aromatic N) is 3. The maximum atomic E-state index is 10.9. The fraction of sp³-hybridized carbons (Fsp3) is 0.333. The van der Waals surface area contributed by atoms with Crippen molar-refractivity contribution in [3.8, 4) is 11.4 Å². The molecule has 0 spiro atoms. The Labute approximate surface area is 108 Å². The second-order valence-corrected chi connectivity index (χ2v) is 4.55. The lowest BCUT2D eigenvalue weighted by atomic mass is 9.82. The van der Waals surface area contributed by atoms with Crippen molar-refractivity contribution in [3.63, 3.8) is 0 Å². The van der Waals surface area contributed by atoms with Crippen LogP contribution in [0, 0.1) is 10.1 Å². The number of nitro groups is 1. The van der Waals surface area contributed by atoms with E-state index in [1.165, 1.54) is 6.07 Å². The largest absolute Gasteiger partial charge is 0.393 e. The van der Waals surface area contributed by atoms with Gasteiger partial charge in [-0.3, -0.25) is 10.1 Å². The zero-order chi connectivity index (χ0) is 13.4. The third-order valence-electron chi connectivity index (χ3n) is 3.25. The average Bonchev–Trinajstić information content (AvgIpc) is 2.84. The van der Waals surface area contributed by atoms with Crippen LogP contribution in [0.25, 0.3) is 11.4 Å². The Morgan fingerprint density at radius 2 is 2.11 bits per heavy atom. The van der Waals surface area contributed by atoms with Crippen molar-refractivity contribution in [2.45, 2.75) is 24.9 Å². The molecule has 1 N–H and O–H groups in total. The van der Waals surface area contributed by atoms with Gasteiger partial charge in [-0.1, -0.05) is 17.3 Å². The summed E-state index contributed by atoms with van der Waals surface area (Å²) in [6.45, 7) is 0. The number of aliphatic hydroxyl groups is 1. The molecule has 1 aromatic carbocycles. The molecular formula is C12H11N3O4. The highest BCUT2D eigenvalue weighted by atomic mass is 16.6. The molecule has 1 aliphatic rings. The highest BCUT2D eigenvalue weighted by Crippen LogP contribution is 2.37. The van der Waals surface area contributed by atoms with E-state index in [0.29, 0.717) is 24.3 Å². The van der Waals surface area contributed by atoms with Crippen molar-refractivity contribution < 1.29 is 14.6 Å². The minimum Gasteiger partial charge on any atom is -0.393 e. The maximum Gasteiger partial charge on any atom is 0.280 e. The first-order chi connectivity index (χ1) is 9.15. The highest BCUT2D eigenvalue weighted by molar-refractivity contribution is 5.67. The molecule has 2 aromatic rings. The molecule has 1 aromatic heterocycles. The van der Waals surface area contributed by atoms with Crippen molar-refractivity contribution in [3.05, 3.63) is 40.3 Å². The van der Waals surface area contributed by atoms with Crippen LogP contribution in [0.15, 0.2) is 28.8 Å². The Bertz CT molecular complexity index is 619. The van der Waals surface area contributed by atoms with Crippen LogP contribution in [0.4, 0.5) is 5.69 Å². The predicted octanol–water partition coefficient (Wildman–Crippen LogP) is 1.88. The second-order valence-electron chi connectivity index (χ2n) is 4.55. The first kappa shape index (κ1) is 11.8. The zero-order valence-electron chi connectivity index (χ0n) is 9.89. The van der Waals surface area contributed by atoms with Gasteiger partial charge in [0.15, 0.2) is 0 Å². The Morgan fingerprint density at radius 3 is 2.79 bits per heavy atom. The first-order valence-corrected chi connectivity index (χ1v) is 5.90. The second kappa shape index (κ2) is 4.43. The number of rotatable bonds is 3. The molecule has 7 heteroatoms. The van der Waals surface area contributed by atoms with Gasteiger partial charge in [0.05, 0.1) is 11.0 Å². The lowest BCUT2D eigenvalue weighted by Crippen LogP contribution is -2.26. The Kier molecular flexibility index (Phi) is 2.75. The SMILES string of the molecule is O=[N+]([O-])c1ccccc1-c1noc(C2CC(O)C2)n1. The van der Waals surface area contributed by atoms with E-state index in [2.05, 4.69) is 10.1 Å². The zero-order valence-corrected chi connectivity index (χ0v) is 9.89. The van der Waals surface area contributed by atoms with Crippen LogP contribution >= 0.6 is 0 Å². The lowest BCUT2D eigenvalue weighted by molar-refractivity contribution is -0.384. The number of benzene rings is 1. The Balaban J connectivity index is 1.93. The van der Waals surface area contributed by atoms with Gasteiger partial charge in [0.2, 0.25) is 11.7 Å². The average molecular weight is 261 g/mol. The van der Waals surface area contributed by atoms with Crippen molar-refractivity contribution in [2.24, 2.45) is 0 Å². The molecule has 3 rings (SSSR count). The van der Waals surface area contributed by atoms with Crippen molar-refractivity contribution in [2.75, 3.05) is 0 Å². The Morgan fingerprint density at radius 1 is 1.37 bits per heavy atom. The van der Waals surface area contributed by atoms with Crippen LogP contribution in [-0.2, 0) is 0 Å². The molecule has 0 amide bonds. The van der Waals surface area contributed by atoms with Crippen molar-refractivity contribution in [1.29, 1.82) is 0 Å². The monoisotopic (exact) mass is 261 g/mol. The highest BCUT2D eigenvalue weighted by Gasteiger charge is 2.33. The van der Waals surface area contributed by atoms with E-state index >= 15 is 0 Å². The summed E-state index contributed by atoms with van der Waals surface area (Å²) in [5, 5.41) is 24.0. The molecule has 1 saturated carbocycles. The summed E-state index contributed by atoms with van der Waals surface area (Å²) >= 11 is 0. The maximum absolute atomic E-state index is 10.9. The lowest BCUT2D eigenvalue weighted by Gasteiger charge is -2.27. The quantitative estimate of drug-likeness (QED) is 0.668. The standard InChI is InChI=1S/C12H11N3O4/c16-8-5-7(6-8)12-13-11(14-19-12)9-3-1-2-4-10(9)15(17)18/h1-4,7-8,16H,5-6H2. The van der Waals surface area contributed by atoms with Gasteiger partial charge in [-0.2, -0.15) is 4.98 Å². The molecule has 1 fully saturated rings. The molecule has 0 atom stereocenters. The molecular weight excluding hydrogens is 250 g/mol. The number of nitro benzene ring substituents is 1. The van der Waals surface area contributed by atoms with Crippen LogP contribution in [0.1, 0.15) is 24.7 Å².